The number of hydrogen-bond acceptors (Lipinski definition) is 5. The molecule has 28 heavy (non-hydrogen) atoms. The van der Waals surface area contributed by atoms with Crippen LogP contribution < -0.4 is 19.1 Å². The maximum absolute atomic E-state index is 12.3. The molecule has 0 aromatic heterocycles. The number of nitrogens with zero attached hydrogens (tertiary/aromatic N) is 1. The van der Waals surface area contributed by atoms with Crippen LogP contribution in [0.15, 0.2) is 18.2 Å². The van der Waals surface area contributed by atoms with Gasteiger partial charge in [-0.2, -0.15) is 0 Å². The number of anilines is 1. The normalized spacial score (nSPS) is 25.5. The molecule has 0 saturated heterocycles. The predicted molar refractivity (Wildman–Crippen MR) is 106 cm³/mol. The monoisotopic (exact) mass is 408 g/mol. The quantitative estimate of drug-likeness (QED) is 0.748. The van der Waals surface area contributed by atoms with E-state index in [0.717, 1.165) is 12.3 Å². The Labute approximate surface area is 166 Å². The van der Waals surface area contributed by atoms with Crippen LogP contribution in [0.4, 0.5) is 5.69 Å². The van der Waals surface area contributed by atoms with Gasteiger partial charge < -0.3 is 14.8 Å². The lowest BCUT2D eigenvalue weighted by Gasteiger charge is -2.25. The number of carbonyl (C=O) groups is 1. The fourth-order valence-electron chi connectivity index (χ4n) is 4.76. The second kappa shape index (κ2) is 7.81. The number of benzene rings is 1. The SMILES string of the molecule is CS(=O)(=O)N(CCCC(=O)N[C@@H]1C[C@@H]2CC[C@@H]1C2)c1ccc2c(c1)OCCO2. The molecule has 154 valence electrons. The van der Waals surface area contributed by atoms with Crippen LogP contribution in [0.5, 0.6) is 11.5 Å². The summed E-state index contributed by atoms with van der Waals surface area (Å²) in [5.41, 5.74) is 0.528. The fourth-order valence-corrected chi connectivity index (χ4v) is 5.71. The Kier molecular flexibility index (Phi) is 5.40. The minimum atomic E-state index is -3.47. The molecule has 0 unspecified atom stereocenters. The van der Waals surface area contributed by atoms with E-state index in [2.05, 4.69) is 5.32 Å². The average Bonchev–Trinajstić information content (AvgIpc) is 3.27. The third-order valence-corrected chi connectivity index (χ3v) is 7.26. The van der Waals surface area contributed by atoms with Crippen molar-refractivity contribution in [1.82, 2.24) is 5.32 Å². The van der Waals surface area contributed by atoms with Crippen molar-refractivity contribution in [1.29, 1.82) is 0 Å². The van der Waals surface area contributed by atoms with Gasteiger partial charge >= 0.3 is 0 Å². The van der Waals surface area contributed by atoms with E-state index in [1.807, 2.05) is 0 Å². The Morgan fingerprint density at radius 2 is 1.96 bits per heavy atom. The fraction of sp³-hybridized carbons (Fsp3) is 0.650. The van der Waals surface area contributed by atoms with Crippen molar-refractivity contribution < 1.29 is 22.7 Å². The summed E-state index contributed by atoms with van der Waals surface area (Å²) in [4.78, 5) is 12.3. The lowest BCUT2D eigenvalue weighted by molar-refractivity contribution is -0.122. The number of nitrogens with one attached hydrogen (secondary N) is 1. The molecule has 0 spiro atoms. The highest BCUT2D eigenvalue weighted by Gasteiger charge is 2.39. The van der Waals surface area contributed by atoms with E-state index in [1.54, 1.807) is 18.2 Å². The summed E-state index contributed by atoms with van der Waals surface area (Å²) < 4.78 is 37.0. The van der Waals surface area contributed by atoms with E-state index in [0.29, 0.717) is 55.2 Å². The molecule has 2 fully saturated rings. The topological polar surface area (TPSA) is 84.9 Å². The van der Waals surface area contributed by atoms with Gasteiger partial charge in [-0.25, -0.2) is 8.42 Å². The molecule has 3 atom stereocenters. The highest BCUT2D eigenvalue weighted by atomic mass is 32.2. The van der Waals surface area contributed by atoms with Crippen LogP contribution in [0.1, 0.15) is 38.5 Å². The molecule has 3 aliphatic rings. The Bertz CT molecular complexity index is 841. The molecule has 8 heteroatoms. The second-order valence-corrected chi connectivity index (χ2v) is 10.0. The molecule has 1 N–H and O–H groups in total. The van der Waals surface area contributed by atoms with Crippen LogP contribution in [0.25, 0.3) is 0 Å². The highest BCUT2D eigenvalue weighted by Crippen LogP contribution is 2.44. The summed E-state index contributed by atoms with van der Waals surface area (Å²) >= 11 is 0. The molecule has 7 nitrogen and oxygen atoms in total. The lowest BCUT2D eigenvalue weighted by atomic mass is 9.95. The summed E-state index contributed by atoms with van der Waals surface area (Å²) in [6.07, 6.45) is 6.84. The maximum atomic E-state index is 12.3. The minimum absolute atomic E-state index is 0.0215. The molecule has 2 saturated carbocycles. The molecule has 1 amide bonds. The zero-order valence-corrected chi connectivity index (χ0v) is 17.0. The molecule has 1 aliphatic heterocycles. The molecule has 4 rings (SSSR count). The first-order chi connectivity index (χ1) is 13.4. The van der Waals surface area contributed by atoms with Crippen molar-refractivity contribution >= 4 is 21.6 Å². The first-order valence-corrected chi connectivity index (χ1v) is 11.9. The first kappa shape index (κ1) is 19.4. The molecule has 0 radical (unpaired) electrons. The summed E-state index contributed by atoms with van der Waals surface area (Å²) in [6.45, 7) is 1.18. The van der Waals surface area contributed by atoms with Crippen LogP contribution in [0.3, 0.4) is 0 Å². The zero-order valence-electron chi connectivity index (χ0n) is 16.2. The zero-order chi connectivity index (χ0) is 19.7. The molecule has 1 aromatic carbocycles. The van der Waals surface area contributed by atoms with E-state index in [-0.39, 0.29) is 12.5 Å². The average molecular weight is 409 g/mol. The van der Waals surface area contributed by atoms with Gasteiger partial charge in [0.2, 0.25) is 15.9 Å². The van der Waals surface area contributed by atoms with Crippen LogP contribution >= 0.6 is 0 Å². The van der Waals surface area contributed by atoms with Crippen LogP contribution in [-0.2, 0) is 14.8 Å². The van der Waals surface area contributed by atoms with Gasteiger partial charge in [-0.1, -0.05) is 6.42 Å². The lowest BCUT2D eigenvalue weighted by Crippen LogP contribution is -2.39. The van der Waals surface area contributed by atoms with Gasteiger partial charge in [0.05, 0.1) is 11.9 Å². The van der Waals surface area contributed by atoms with Crippen molar-refractivity contribution in [3.8, 4) is 11.5 Å². The molecule has 2 aliphatic carbocycles. The van der Waals surface area contributed by atoms with Crippen molar-refractivity contribution in [3.05, 3.63) is 18.2 Å². The summed E-state index contributed by atoms with van der Waals surface area (Å²) in [7, 11) is -3.47. The van der Waals surface area contributed by atoms with Crippen LogP contribution in [0.2, 0.25) is 0 Å². The molecule has 2 bridgehead atoms. The van der Waals surface area contributed by atoms with Gasteiger partial charge in [0, 0.05) is 25.1 Å². The third-order valence-electron chi connectivity index (χ3n) is 6.06. The van der Waals surface area contributed by atoms with E-state index >= 15 is 0 Å². The van der Waals surface area contributed by atoms with Gasteiger partial charge in [-0.05, 0) is 49.7 Å². The van der Waals surface area contributed by atoms with E-state index in [9.17, 15) is 13.2 Å². The summed E-state index contributed by atoms with van der Waals surface area (Å²) in [6, 6.07) is 5.44. The smallest absolute Gasteiger partial charge is 0.232 e. The standard InChI is InChI=1S/C20H28N2O5S/c1-28(24,25)22(16-6-7-18-19(13-16)27-10-9-26-18)8-2-3-20(23)21-17-12-14-4-5-15(17)11-14/h6-7,13-15,17H,2-5,8-12H2,1H3,(H,21,23)/t14-,15-,17-/m1/s1. The van der Waals surface area contributed by atoms with E-state index in [4.69, 9.17) is 9.47 Å². The Hall–Kier alpha value is -1.96. The van der Waals surface area contributed by atoms with Gasteiger partial charge in [0.25, 0.3) is 0 Å². The van der Waals surface area contributed by atoms with E-state index < -0.39 is 10.0 Å². The number of rotatable bonds is 7. The number of ether oxygens (including phenoxy) is 2. The first-order valence-electron chi connectivity index (χ1n) is 10.1. The van der Waals surface area contributed by atoms with E-state index in [1.165, 1.54) is 29.8 Å². The maximum Gasteiger partial charge on any atom is 0.232 e. The number of sulfonamides is 1. The van der Waals surface area contributed by atoms with Crippen LogP contribution in [0, 0.1) is 11.8 Å². The Morgan fingerprint density at radius 1 is 1.18 bits per heavy atom. The summed E-state index contributed by atoms with van der Waals surface area (Å²) in [5, 5.41) is 3.16. The predicted octanol–water partition coefficient (Wildman–Crippen LogP) is 2.31. The van der Waals surface area contributed by atoms with Gasteiger partial charge in [0.1, 0.15) is 13.2 Å². The van der Waals surface area contributed by atoms with Gasteiger partial charge in [-0.15, -0.1) is 0 Å². The molecule has 1 heterocycles. The van der Waals surface area contributed by atoms with Gasteiger partial charge in [0.15, 0.2) is 11.5 Å². The van der Waals surface area contributed by atoms with Gasteiger partial charge in [-0.3, -0.25) is 9.10 Å². The molecular formula is C20H28N2O5S. The Balaban J connectivity index is 1.34. The van der Waals surface area contributed by atoms with Crippen molar-refractivity contribution in [2.24, 2.45) is 11.8 Å². The van der Waals surface area contributed by atoms with Crippen molar-refractivity contribution in [2.45, 2.75) is 44.6 Å². The number of hydrogen-bond donors (Lipinski definition) is 1. The number of amides is 1. The van der Waals surface area contributed by atoms with Crippen LogP contribution in [-0.4, -0.2) is 46.4 Å². The van der Waals surface area contributed by atoms with Crippen molar-refractivity contribution in [3.63, 3.8) is 0 Å². The largest absolute Gasteiger partial charge is 0.486 e. The van der Waals surface area contributed by atoms with Crippen molar-refractivity contribution in [2.75, 3.05) is 30.3 Å². The number of fused-ring (bicyclic) bond motifs is 3. The highest BCUT2D eigenvalue weighted by molar-refractivity contribution is 7.92. The molecular weight excluding hydrogens is 380 g/mol. The number of carbonyl (C=O) groups excluding carboxylic acids is 1. The molecule has 1 aromatic rings. The minimum Gasteiger partial charge on any atom is -0.486 e. The second-order valence-electron chi connectivity index (χ2n) is 8.12. The summed E-state index contributed by atoms with van der Waals surface area (Å²) in [5.74, 6) is 2.61. The Morgan fingerprint density at radius 3 is 2.64 bits per heavy atom. The third kappa shape index (κ3) is 4.21.